The second-order valence-electron chi connectivity index (χ2n) is 4.40. The van der Waals surface area contributed by atoms with Gasteiger partial charge in [0.05, 0.1) is 11.3 Å². The van der Waals surface area contributed by atoms with Crippen LogP contribution < -0.4 is 5.32 Å². The number of nitrogens with zero attached hydrogens (tertiary/aromatic N) is 1. The number of hydrogen-bond donors (Lipinski definition) is 2. The summed E-state index contributed by atoms with van der Waals surface area (Å²) in [6, 6.07) is 4.53. The average molecular weight is 388 g/mol. The minimum Gasteiger partial charge on any atom is -0.478 e. The molecule has 1 aromatic carbocycles. The standard InChI is InChI=1S/C14H17IN2O3/c1-4-17(8-9(2)3)14(20)16-12-6-5-10(15)7-11(12)13(18)19/h5-7H,2,4,8H2,1,3H3,(H,16,20)(H,18,19). The average Bonchev–Trinajstić information content (AvgIpc) is 2.37. The molecule has 1 aromatic rings. The number of carbonyl (C=O) groups excluding carboxylic acids is 1. The number of benzene rings is 1. The van der Waals surface area contributed by atoms with Gasteiger partial charge in [-0.25, -0.2) is 9.59 Å². The number of rotatable bonds is 5. The second-order valence-corrected chi connectivity index (χ2v) is 5.64. The molecular weight excluding hydrogens is 371 g/mol. The third-order valence-electron chi connectivity index (χ3n) is 2.58. The van der Waals surface area contributed by atoms with Crippen LogP contribution in [0.2, 0.25) is 0 Å². The molecule has 0 fully saturated rings. The molecule has 2 N–H and O–H groups in total. The van der Waals surface area contributed by atoms with E-state index in [1.165, 1.54) is 6.07 Å². The lowest BCUT2D eigenvalue weighted by Gasteiger charge is -2.22. The quantitative estimate of drug-likeness (QED) is 0.600. The van der Waals surface area contributed by atoms with Gasteiger partial charge in [0.1, 0.15) is 0 Å². The lowest BCUT2D eigenvalue weighted by molar-refractivity contribution is 0.0698. The molecule has 6 heteroatoms. The Kier molecular flexibility index (Phi) is 6.00. The first-order valence-corrected chi connectivity index (χ1v) is 7.16. The van der Waals surface area contributed by atoms with Crippen molar-refractivity contribution in [3.63, 3.8) is 0 Å². The van der Waals surface area contributed by atoms with Gasteiger partial charge in [-0.05, 0) is 54.6 Å². The highest BCUT2D eigenvalue weighted by Crippen LogP contribution is 2.19. The van der Waals surface area contributed by atoms with Crippen molar-refractivity contribution in [1.82, 2.24) is 4.90 Å². The van der Waals surface area contributed by atoms with Crippen LogP contribution >= 0.6 is 22.6 Å². The Morgan fingerprint density at radius 2 is 2.10 bits per heavy atom. The summed E-state index contributed by atoms with van der Waals surface area (Å²) < 4.78 is 0.798. The number of carboxylic acid groups (broad SMARTS) is 1. The van der Waals surface area contributed by atoms with E-state index < -0.39 is 5.97 Å². The Morgan fingerprint density at radius 3 is 2.60 bits per heavy atom. The van der Waals surface area contributed by atoms with Crippen molar-refractivity contribution >= 4 is 40.3 Å². The lowest BCUT2D eigenvalue weighted by atomic mass is 10.2. The smallest absolute Gasteiger partial charge is 0.337 e. The summed E-state index contributed by atoms with van der Waals surface area (Å²) in [5.74, 6) is -1.07. The Hall–Kier alpha value is -1.57. The number of halogens is 1. The Labute approximate surface area is 131 Å². The van der Waals surface area contributed by atoms with Crippen molar-refractivity contribution in [2.45, 2.75) is 13.8 Å². The zero-order valence-corrected chi connectivity index (χ0v) is 13.6. The van der Waals surface area contributed by atoms with E-state index in [9.17, 15) is 9.59 Å². The van der Waals surface area contributed by atoms with Crippen molar-refractivity contribution in [2.75, 3.05) is 18.4 Å². The second kappa shape index (κ2) is 7.28. The fraction of sp³-hybridized carbons (Fsp3) is 0.286. The van der Waals surface area contributed by atoms with Crippen LogP contribution in [-0.2, 0) is 0 Å². The van der Waals surface area contributed by atoms with Crippen molar-refractivity contribution in [1.29, 1.82) is 0 Å². The largest absolute Gasteiger partial charge is 0.478 e. The molecule has 0 atom stereocenters. The number of carbonyl (C=O) groups is 2. The van der Waals surface area contributed by atoms with E-state index in [2.05, 4.69) is 11.9 Å². The summed E-state index contributed by atoms with van der Waals surface area (Å²) in [6.07, 6.45) is 0. The Balaban J connectivity index is 2.95. The van der Waals surface area contributed by atoms with Gasteiger partial charge >= 0.3 is 12.0 Å². The van der Waals surface area contributed by atoms with Gasteiger partial charge in [0, 0.05) is 16.7 Å². The first-order chi connectivity index (χ1) is 9.35. The zero-order valence-electron chi connectivity index (χ0n) is 11.4. The molecule has 0 spiro atoms. The van der Waals surface area contributed by atoms with Gasteiger partial charge < -0.3 is 15.3 Å². The number of hydrogen-bond acceptors (Lipinski definition) is 2. The van der Waals surface area contributed by atoms with Crippen molar-refractivity contribution in [3.05, 3.63) is 39.5 Å². The Bertz CT molecular complexity index is 543. The zero-order chi connectivity index (χ0) is 15.3. The molecule has 108 valence electrons. The van der Waals surface area contributed by atoms with Crippen LogP contribution in [0.5, 0.6) is 0 Å². The summed E-state index contributed by atoms with van der Waals surface area (Å²) in [7, 11) is 0. The summed E-state index contributed by atoms with van der Waals surface area (Å²) in [5, 5.41) is 11.8. The van der Waals surface area contributed by atoms with Crippen molar-refractivity contribution in [2.24, 2.45) is 0 Å². The van der Waals surface area contributed by atoms with Crippen LogP contribution in [0, 0.1) is 3.57 Å². The summed E-state index contributed by atoms with van der Waals surface area (Å²) in [6.45, 7) is 8.42. The molecule has 0 aliphatic heterocycles. The summed E-state index contributed by atoms with van der Waals surface area (Å²) >= 11 is 2.03. The molecule has 0 heterocycles. The van der Waals surface area contributed by atoms with E-state index in [4.69, 9.17) is 5.11 Å². The monoisotopic (exact) mass is 388 g/mol. The van der Waals surface area contributed by atoms with E-state index in [-0.39, 0.29) is 11.6 Å². The van der Waals surface area contributed by atoms with Crippen molar-refractivity contribution in [3.8, 4) is 0 Å². The van der Waals surface area contributed by atoms with Crippen molar-refractivity contribution < 1.29 is 14.7 Å². The maximum absolute atomic E-state index is 12.1. The predicted molar refractivity (Wildman–Crippen MR) is 87.2 cm³/mol. The number of anilines is 1. The third-order valence-corrected chi connectivity index (χ3v) is 3.25. The first kappa shape index (κ1) is 16.5. The molecular formula is C14H17IN2O3. The summed E-state index contributed by atoms with van der Waals surface area (Å²) in [5.41, 5.74) is 1.24. The molecule has 0 aliphatic carbocycles. The van der Waals surface area contributed by atoms with Crippen LogP contribution in [0.25, 0.3) is 0 Å². The number of urea groups is 1. The fourth-order valence-corrected chi connectivity index (χ4v) is 2.14. The van der Waals surface area contributed by atoms with Gasteiger partial charge in [-0.15, -0.1) is 0 Å². The normalized spacial score (nSPS) is 9.95. The molecule has 1 rings (SSSR count). The minimum atomic E-state index is -1.07. The first-order valence-electron chi connectivity index (χ1n) is 6.08. The molecule has 0 unspecified atom stereocenters. The number of nitrogens with one attached hydrogen (secondary N) is 1. The van der Waals surface area contributed by atoms with Crippen LogP contribution in [0.1, 0.15) is 24.2 Å². The summed E-state index contributed by atoms with van der Waals surface area (Å²) in [4.78, 5) is 24.9. The molecule has 2 amide bonds. The highest BCUT2D eigenvalue weighted by Gasteiger charge is 2.16. The maximum Gasteiger partial charge on any atom is 0.337 e. The predicted octanol–water partition coefficient (Wildman–Crippen LogP) is 3.42. The van der Waals surface area contributed by atoms with Crippen LogP contribution in [0.3, 0.4) is 0 Å². The number of carboxylic acids is 1. The Morgan fingerprint density at radius 1 is 1.45 bits per heavy atom. The topological polar surface area (TPSA) is 69.6 Å². The molecule has 0 aliphatic rings. The maximum atomic E-state index is 12.1. The third kappa shape index (κ3) is 4.52. The highest BCUT2D eigenvalue weighted by molar-refractivity contribution is 14.1. The van der Waals surface area contributed by atoms with E-state index in [0.29, 0.717) is 18.8 Å². The van der Waals surface area contributed by atoms with Gasteiger partial charge in [0.2, 0.25) is 0 Å². The van der Waals surface area contributed by atoms with Crippen LogP contribution in [0.15, 0.2) is 30.4 Å². The minimum absolute atomic E-state index is 0.0802. The number of amides is 2. The molecule has 0 aromatic heterocycles. The van der Waals surface area contributed by atoms with Crippen LogP contribution in [-0.4, -0.2) is 35.1 Å². The van der Waals surface area contributed by atoms with E-state index in [1.807, 2.05) is 36.4 Å². The highest BCUT2D eigenvalue weighted by atomic mass is 127. The molecule has 0 bridgehead atoms. The van der Waals surface area contributed by atoms with E-state index in [0.717, 1.165) is 9.14 Å². The molecule has 0 radical (unpaired) electrons. The number of aromatic carboxylic acids is 1. The van der Waals surface area contributed by atoms with E-state index in [1.54, 1.807) is 17.0 Å². The number of likely N-dealkylation sites (N-methyl/N-ethyl adjacent to an activating group) is 1. The van der Waals surface area contributed by atoms with Gasteiger partial charge in [-0.2, -0.15) is 0 Å². The van der Waals surface area contributed by atoms with Gasteiger partial charge in [0.15, 0.2) is 0 Å². The fourth-order valence-electron chi connectivity index (χ4n) is 1.65. The van der Waals surface area contributed by atoms with Crippen LogP contribution in [0.4, 0.5) is 10.5 Å². The molecule has 0 saturated carbocycles. The molecule has 20 heavy (non-hydrogen) atoms. The van der Waals surface area contributed by atoms with Gasteiger partial charge in [-0.1, -0.05) is 12.2 Å². The van der Waals surface area contributed by atoms with Gasteiger partial charge in [0.25, 0.3) is 0 Å². The lowest BCUT2D eigenvalue weighted by Crippen LogP contribution is -2.36. The van der Waals surface area contributed by atoms with E-state index >= 15 is 0 Å². The SMILES string of the molecule is C=C(C)CN(CC)C(=O)Nc1ccc(I)cc1C(=O)O. The molecule has 0 saturated heterocycles. The molecule has 5 nitrogen and oxygen atoms in total. The van der Waals surface area contributed by atoms with Gasteiger partial charge in [-0.3, -0.25) is 0 Å².